The number of hydrogen-bond acceptors (Lipinski definition) is 5. The maximum Gasteiger partial charge on any atom is 0.226 e. The summed E-state index contributed by atoms with van der Waals surface area (Å²) in [6.45, 7) is 5.09. The average molecular weight is 357 g/mol. The fourth-order valence-corrected chi connectivity index (χ4v) is 3.28. The van der Waals surface area contributed by atoms with Crippen molar-refractivity contribution >= 4 is 5.91 Å². The highest BCUT2D eigenvalue weighted by atomic mass is 16.5. The van der Waals surface area contributed by atoms with Crippen LogP contribution in [0.1, 0.15) is 31.9 Å². The van der Waals surface area contributed by atoms with Gasteiger partial charge in [0, 0.05) is 24.2 Å². The number of piperidine rings is 1. The number of nitrogens with zero attached hydrogens (tertiary/aromatic N) is 2. The first-order valence-corrected chi connectivity index (χ1v) is 9.26. The molecule has 1 N–H and O–H groups in total. The number of carbonyl (C=O) groups is 1. The van der Waals surface area contributed by atoms with Crippen molar-refractivity contribution in [2.24, 2.45) is 0 Å². The first kappa shape index (κ1) is 18.5. The van der Waals surface area contributed by atoms with E-state index >= 15 is 0 Å². The maximum atomic E-state index is 12.2. The van der Waals surface area contributed by atoms with Crippen LogP contribution in [0.15, 0.2) is 34.9 Å². The Balaban J connectivity index is 1.51. The molecule has 0 saturated carbocycles. The highest BCUT2D eigenvalue weighted by molar-refractivity contribution is 5.78. The van der Waals surface area contributed by atoms with Gasteiger partial charge in [-0.25, -0.2) is 0 Å². The topological polar surface area (TPSA) is 67.6 Å². The van der Waals surface area contributed by atoms with Gasteiger partial charge in [0.2, 0.25) is 5.91 Å². The van der Waals surface area contributed by atoms with Crippen molar-refractivity contribution in [3.63, 3.8) is 0 Å². The normalized spacial score (nSPS) is 16.2. The van der Waals surface area contributed by atoms with Gasteiger partial charge in [0.1, 0.15) is 5.75 Å². The first-order valence-electron chi connectivity index (χ1n) is 9.26. The number of amides is 1. The Bertz CT molecular complexity index is 723. The van der Waals surface area contributed by atoms with Gasteiger partial charge in [-0.1, -0.05) is 23.7 Å². The van der Waals surface area contributed by atoms with E-state index in [2.05, 4.69) is 22.3 Å². The molecule has 0 bridgehead atoms. The fraction of sp³-hybridized carbons (Fsp3) is 0.500. The van der Waals surface area contributed by atoms with E-state index in [1.807, 2.05) is 30.3 Å². The van der Waals surface area contributed by atoms with Crippen LogP contribution < -0.4 is 10.1 Å². The second-order valence-corrected chi connectivity index (χ2v) is 6.84. The molecule has 1 aromatic heterocycles. The van der Waals surface area contributed by atoms with Gasteiger partial charge in [0.15, 0.2) is 5.76 Å². The number of methoxy groups -OCH3 is 1. The third kappa shape index (κ3) is 4.85. The Labute approximate surface area is 154 Å². The van der Waals surface area contributed by atoms with Gasteiger partial charge in [-0.2, -0.15) is 0 Å². The van der Waals surface area contributed by atoms with Crippen molar-refractivity contribution in [2.45, 2.75) is 38.6 Å². The molecule has 6 nitrogen and oxygen atoms in total. The van der Waals surface area contributed by atoms with E-state index in [-0.39, 0.29) is 12.3 Å². The lowest BCUT2D eigenvalue weighted by Crippen LogP contribution is -2.44. The van der Waals surface area contributed by atoms with Crippen LogP contribution in [0.25, 0.3) is 11.3 Å². The standard InChI is InChI=1S/C20H27N3O3/c1-15(23-9-4-3-5-10-23)14-21-20(24)13-17-12-19(26-22-17)16-7-6-8-18(11-16)25-2/h6-8,11-12,15H,3-5,9-10,13-14H2,1-2H3,(H,21,24). The maximum absolute atomic E-state index is 12.2. The summed E-state index contributed by atoms with van der Waals surface area (Å²) in [6.07, 6.45) is 4.05. The Kier molecular flexibility index (Phi) is 6.28. The third-order valence-electron chi connectivity index (χ3n) is 4.86. The van der Waals surface area contributed by atoms with Gasteiger partial charge in [-0.15, -0.1) is 0 Å². The highest BCUT2D eigenvalue weighted by Crippen LogP contribution is 2.24. The summed E-state index contributed by atoms with van der Waals surface area (Å²) < 4.78 is 10.6. The summed E-state index contributed by atoms with van der Waals surface area (Å²) in [4.78, 5) is 14.7. The summed E-state index contributed by atoms with van der Waals surface area (Å²) in [5.41, 5.74) is 1.51. The SMILES string of the molecule is COc1cccc(-c2cc(CC(=O)NCC(C)N3CCCCC3)no2)c1. The molecule has 1 fully saturated rings. The molecular weight excluding hydrogens is 330 g/mol. The molecule has 26 heavy (non-hydrogen) atoms. The predicted octanol–water partition coefficient (Wildman–Crippen LogP) is 2.88. The molecule has 1 aromatic carbocycles. The lowest BCUT2D eigenvalue weighted by atomic mass is 10.1. The smallest absolute Gasteiger partial charge is 0.226 e. The van der Waals surface area contributed by atoms with Crippen LogP contribution in [0.3, 0.4) is 0 Å². The summed E-state index contributed by atoms with van der Waals surface area (Å²) >= 11 is 0. The summed E-state index contributed by atoms with van der Waals surface area (Å²) in [7, 11) is 1.63. The number of carbonyl (C=O) groups excluding carboxylic acids is 1. The number of ether oxygens (including phenoxy) is 1. The molecule has 1 saturated heterocycles. The molecule has 1 aliphatic rings. The number of rotatable bonds is 7. The third-order valence-corrected chi connectivity index (χ3v) is 4.86. The van der Waals surface area contributed by atoms with Gasteiger partial charge >= 0.3 is 0 Å². The lowest BCUT2D eigenvalue weighted by Gasteiger charge is -2.32. The lowest BCUT2D eigenvalue weighted by molar-refractivity contribution is -0.120. The molecular formula is C20H27N3O3. The molecule has 0 spiro atoms. The summed E-state index contributed by atoms with van der Waals surface area (Å²) in [5.74, 6) is 1.36. The van der Waals surface area contributed by atoms with E-state index < -0.39 is 0 Å². The van der Waals surface area contributed by atoms with Crippen LogP contribution in [0, 0.1) is 0 Å². The molecule has 1 aliphatic heterocycles. The quantitative estimate of drug-likeness (QED) is 0.825. The zero-order valence-corrected chi connectivity index (χ0v) is 15.5. The fourth-order valence-electron chi connectivity index (χ4n) is 3.28. The molecule has 140 valence electrons. The first-order chi connectivity index (χ1) is 12.7. The van der Waals surface area contributed by atoms with E-state index in [1.54, 1.807) is 7.11 Å². The van der Waals surface area contributed by atoms with Crippen LogP contribution >= 0.6 is 0 Å². The van der Waals surface area contributed by atoms with E-state index in [0.29, 0.717) is 24.0 Å². The molecule has 1 atom stereocenters. The van der Waals surface area contributed by atoms with Gasteiger partial charge in [-0.3, -0.25) is 9.69 Å². The second-order valence-electron chi connectivity index (χ2n) is 6.84. The zero-order valence-electron chi connectivity index (χ0n) is 15.5. The van der Waals surface area contributed by atoms with Crippen LogP contribution in [-0.4, -0.2) is 48.7 Å². The van der Waals surface area contributed by atoms with Crippen molar-refractivity contribution in [1.82, 2.24) is 15.4 Å². The predicted molar refractivity (Wildman–Crippen MR) is 100 cm³/mol. The molecule has 0 aliphatic carbocycles. The molecule has 1 unspecified atom stereocenters. The molecule has 0 radical (unpaired) electrons. The highest BCUT2D eigenvalue weighted by Gasteiger charge is 2.17. The summed E-state index contributed by atoms with van der Waals surface area (Å²) in [5, 5.41) is 7.03. The Morgan fingerprint density at radius 3 is 2.88 bits per heavy atom. The Morgan fingerprint density at radius 1 is 1.31 bits per heavy atom. The molecule has 1 amide bonds. The van der Waals surface area contributed by atoms with Gasteiger partial charge in [-0.05, 0) is 45.0 Å². The minimum atomic E-state index is -0.0284. The van der Waals surface area contributed by atoms with E-state index in [1.165, 1.54) is 19.3 Å². The average Bonchev–Trinajstić information content (AvgIpc) is 3.15. The number of likely N-dealkylation sites (tertiary alicyclic amines) is 1. The number of hydrogen-bond donors (Lipinski definition) is 1. The monoisotopic (exact) mass is 357 g/mol. The van der Waals surface area contributed by atoms with Crippen molar-refractivity contribution < 1.29 is 14.1 Å². The molecule has 2 heterocycles. The number of aromatic nitrogens is 1. The number of nitrogens with one attached hydrogen (secondary N) is 1. The molecule has 3 rings (SSSR count). The zero-order chi connectivity index (χ0) is 18.4. The van der Waals surface area contributed by atoms with Crippen LogP contribution in [-0.2, 0) is 11.2 Å². The van der Waals surface area contributed by atoms with Crippen LogP contribution in [0.5, 0.6) is 5.75 Å². The van der Waals surface area contributed by atoms with Crippen molar-refractivity contribution in [1.29, 1.82) is 0 Å². The van der Waals surface area contributed by atoms with Crippen LogP contribution in [0.4, 0.5) is 0 Å². The van der Waals surface area contributed by atoms with Crippen molar-refractivity contribution in [2.75, 3.05) is 26.7 Å². The summed E-state index contributed by atoms with van der Waals surface area (Å²) in [6, 6.07) is 9.74. The minimum Gasteiger partial charge on any atom is -0.497 e. The van der Waals surface area contributed by atoms with Crippen molar-refractivity contribution in [3.05, 3.63) is 36.0 Å². The van der Waals surface area contributed by atoms with Gasteiger partial charge in [0.05, 0.1) is 19.2 Å². The molecule has 6 heteroatoms. The Morgan fingerprint density at radius 2 is 2.12 bits per heavy atom. The minimum absolute atomic E-state index is 0.0284. The van der Waals surface area contributed by atoms with Crippen LogP contribution in [0.2, 0.25) is 0 Å². The van der Waals surface area contributed by atoms with E-state index in [4.69, 9.17) is 9.26 Å². The largest absolute Gasteiger partial charge is 0.497 e. The van der Waals surface area contributed by atoms with Gasteiger partial charge < -0.3 is 14.6 Å². The van der Waals surface area contributed by atoms with E-state index in [0.717, 1.165) is 24.4 Å². The second kappa shape index (κ2) is 8.85. The Hall–Kier alpha value is -2.34. The molecule has 2 aromatic rings. The number of benzene rings is 1. The van der Waals surface area contributed by atoms with Crippen molar-refractivity contribution in [3.8, 4) is 17.1 Å². The van der Waals surface area contributed by atoms with Gasteiger partial charge in [0.25, 0.3) is 0 Å². The van der Waals surface area contributed by atoms with E-state index in [9.17, 15) is 4.79 Å².